The van der Waals surface area contributed by atoms with Gasteiger partial charge in [0, 0.05) is 13.2 Å². The van der Waals surface area contributed by atoms with E-state index in [1.807, 2.05) is 13.0 Å². The Hall–Kier alpha value is -0.970. The van der Waals surface area contributed by atoms with Gasteiger partial charge in [0.1, 0.15) is 5.01 Å². The first kappa shape index (κ1) is 14.4. The summed E-state index contributed by atoms with van der Waals surface area (Å²) in [6.45, 7) is 9.95. The fourth-order valence-electron chi connectivity index (χ4n) is 2.00. The van der Waals surface area contributed by atoms with Crippen molar-refractivity contribution in [3.63, 3.8) is 0 Å². The van der Waals surface area contributed by atoms with Crippen LogP contribution in [0.4, 0.5) is 0 Å². The standard InChI is InChI=1S/C15H22N2OS/c1-5-18-15(3,4)10-16-11(2)14-17-12-8-6-7-9-13(12)19-14/h6-9,11,16H,5,10H2,1-4H3. The first-order valence-corrected chi connectivity index (χ1v) is 7.56. The highest BCUT2D eigenvalue weighted by Gasteiger charge is 2.19. The summed E-state index contributed by atoms with van der Waals surface area (Å²) in [5, 5.41) is 4.64. The summed E-state index contributed by atoms with van der Waals surface area (Å²) in [4.78, 5) is 4.67. The van der Waals surface area contributed by atoms with Crippen LogP contribution in [0.5, 0.6) is 0 Å². The van der Waals surface area contributed by atoms with Gasteiger partial charge in [0.05, 0.1) is 21.9 Å². The molecule has 0 saturated carbocycles. The van der Waals surface area contributed by atoms with Gasteiger partial charge in [-0.2, -0.15) is 0 Å². The van der Waals surface area contributed by atoms with Crippen molar-refractivity contribution in [3.05, 3.63) is 29.3 Å². The summed E-state index contributed by atoms with van der Waals surface area (Å²) >= 11 is 1.75. The maximum Gasteiger partial charge on any atom is 0.111 e. The minimum atomic E-state index is -0.139. The second kappa shape index (κ2) is 5.99. The number of nitrogens with zero attached hydrogens (tertiary/aromatic N) is 1. The molecule has 3 nitrogen and oxygen atoms in total. The number of rotatable bonds is 6. The molecule has 0 aliphatic heterocycles. The minimum Gasteiger partial charge on any atom is -0.375 e. The van der Waals surface area contributed by atoms with Gasteiger partial charge in [-0.3, -0.25) is 0 Å². The van der Waals surface area contributed by atoms with Gasteiger partial charge >= 0.3 is 0 Å². The van der Waals surface area contributed by atoms with Crippen LogP contribution in [-0.4, -0.2) is 23.7 Å². The molecule has 2 aromatic rings. The van der Waals surface area contributed by atoms with E-state index in [-0.39, 0.29) is 11.6 Å². The molecule has 0 aliphatic carbocycles. The second-order valence-corrected chi connectivity index (χ2v) is 6.38. The molecule has 4 heteroatoms. The molecule has 1 aromatic carbocycles. The van der Waals surface area contributed by atoms with E-state index in [0.717, 1.165) is 23.7 Å². The summed E-state index contributed by atoms with van der Waals surface area (Å²) in [5.74, 6) is 0. The molecule has 104 valence electrons. The predicted molar refractivity (Wildman–Crippen MR) is 81.7 cm³/mol. The molecule has 0 fully saturated rings. The molecular formula is C15H22N2OS. The van der Waals surface area contributed by atoms with Gasteiger partial charge in [0.25, 0.3) is 0 Å². The molecule has 0 radical (unpaired) electrons. The van der Waals surface area contributed by atoms with E-state index in [0.29, 0.717) is 0 Å². The largest absolute Gasteiger partial charge is 0.375 e. The first-order valence-electron chi connectivity index (χ1n) is 6.74. The third-order valence-corrected chi connectivity index (χ3v) is 4.27. The molecule has 0 bridgehead atoms. The Morgan fingerprint density at radius 1 is 1.37 bits per heavy atom. The van der Waals surface area contributed by atoms with Crippen LogP contribution in [0.3, 0.4) is 0 Å². The number of ether oxygens (including phenoxy) is 1. The number of aromatic nitrogens is 1. The molecule has 1 heterocycles. The number of hydrogen-bond donors (Lipinski definition) is 1. The highest BCUT2D eigenvalue weighted by molar-refractivity contribution is 7.18. The fourth-order valence-corrected chi connectivity index (χ4v) is 3.00. The van der Waals surface area contributed by atoms with Gasteiger partial charge in [-0.1, -0.05) is 12.1 Å². The van der Waals surface area contributed by atoms with Crippen molar-refractivity contribution < 1.29 is 4.74 Å². The van der Waals surface area contributed by atoms with E-state index >= 15 is 0 Å². The monoisotopic (exact) mass is 278 g/mol. The van der Waals surface area contributed by atoms with Gasteiger partial charge < -0.3 is 10.1 Å². The zero-order valence-corrected chi connectivity index (χ0v) is 12.9. The van der Waals surface area contributed by atoms with Crippen LogP contribution in [0.1, 0.15) is 38.7 Å². The minimum absolute atomic E-state index is 0.139. The van der Waals surface area contributed by atoms with Crippen molar-refractivity contribution in [3.8, 4) is 0 Å². The lowest BCUT2D eigenvalue weighted by Gasteiger charge is -2.26. The van der Waals surface area contributed by atoms with Gasteiger partial charge in [-0.15, -0.1) is 11.3 Å². The van der Waals surface area contributed by atoms with Gasteiger partial charge in [0.2, 0.25) is 0 Å². The fraction of sp³-hybridized carbons (Fsp3) is 0.533. The third kappa shape index (κ3) is 3.75. The third-order valence-electron chi connectivity index (χ3n) is 3.05. The molecule has 2 rings (SSSR count). The van der Waals surface area contributed by atoms with Crippen LogP contribution in [0.25, 0.3) is 10.2 Å². The highest BCUT2D eigenvalue weighted by Crippen LogP contribution is 2.26. The van der Waals surface area contributed by atoms with Crippen LogP contribution < -0.4 is 5.32 Å². The summed E-state index contributed by atoms with van der Waals surface area (Å²) in [6.07, 6.45) is 0. The Kier molecular flexibility index (Phi) is 4.55. The van der Waals surface area contributed by atoms with Crippen LogP contribution in [0.2, 0.25) is 0 Å². The van der Waals surface area contributed by atoms with Crippen molar-refractivity contribution in [2.24, 2.45) is 0 Å². The predicted octanol–water partition coefficient (Wildman–Crippen LogP) is 3.76. The van der Waals surface area contributed by atoms with Crippen LogP contribution in [-0.2, 0) is 4.74 Å². The quantitative estimate of drug-likeness (QED) is 0.873. The summed E-state index contributed by atoms with van der Waals surface area (Å²) in [7, 11) is 0. The zero-order chi connectivity index (χ0) is 13.9. The SMILES string of the molecule is CCOC(C)(C)CNC(C)c1nc2ccccc2s1. The molecule has 1 unspecified atom stereocenters. The summed E-state index contributed by atoms with van der Waals surface area (Å²) in [6, 6.07) is 8.51. The number of hydrogen-bond acceptors (Lipinski definition) is 4. The van der Waals surface area contributed by atoms with Gasteiger partial charge in [-0.05, 0) is 39.8 Å². The van der Waals surface area contributed by atoms with Crippen molar-refractivity contribution in [2.75, 3.05) is 13.2 Å². The molecular weight excluding hydrogens is 256 g/mol. The molecule has 1 aromatic heterocycles. The van der Waals surface area contributed by atoms with Crippen LogP contribution in [0, 0.1) is 0 Å². The van der Waals surface area contributed by atoms with Crippen LogP contribution >= 0.6 is 11.3 Å². The van der Waals surface area contributed by atoms with E-state index < -0.39 is 0 Å². The number of para-hydroxylation sites is 1. The van der Waals surface area contributed by atoms with Crippen molar-refractivity contribution in [1.82, 2.24) is 10.3 Å². The van der Waals surface area contributed by atoms with E-state index in [9.17, 15) is 0 Å². The Balaban J connectivity index is 2.01. The lowest BCUT2D eigenvalue weighted by Crippen LogP contribution is -2.38. The molecule has 19 heavy (non-hydrogen) atoms. The highest BCUT2D eigenvalue weighted by atomic mass is 32.1. The van der Waals surface area contributed by atoms with E-state index in [2.05, 4.69) is 49.3 Å². The summed E-state index contributed by atoms with van der Waals surface area (Å²) in [5.41, 5.74) is 0.944. The number of benzene rings is 1. The molecule has 0 amide bonds. The Morgan fingerprint density at radius 3 is 2.79 bits per heavy atom. The Morgan fingerprint density at radius 2 is 2.11 bits per heavy atom. The van der Waals surface area contributed by atoms with Crippen molar-refractivity contribution in [2.45, 2.75) is 39.3 Å². The average molecular weight is 278 g/mol. The van der Waals surface area contributed by atoms with Crippen molar-refractivity contribution >= 4 is 21.6 Å². The maximum absolute atomic E-state index is 5.70. The normalized spacial score (nSPS) is 13.9. The lowest BCUT2D eigenvalue weighted by atomic mass is 10.1. The number of fused-ring (bicyclic) bond motifs is 1. The zero-order valence-electron chi connectivity index (χ0n) is 12.1. The van der Waals surface area contributed by atoms with Gasteiger partial charge in [0.15, 0.2) is 0 Å². The molecule has 1 N–H and O–H groups in total. The Labute approximate surface area is 119 Å². The molecule has 0 spiro atoms. The first-order chi connectivity index (χ1) is 9.02. The van der Waals surface area contributed by atoms with Crippen LogP contribution in [0.15, 0.2) is 24.3 Å². The number of thiazole rings is 1. The van der Waals surface area contributed by atoms with E-state index in [1.165, 1.54) is 4.70 Å². The maximum atomic E-state index is 5.70. The molecule has 0 aliphatic rings. The summed E-state index contributed by atoms with van der Waals surface area (Å²) < 4.78 is 6.94. The van der Waals surface area contributed by atoms with E-state index in [4.69, 9.17) is 4.74 Å². The molecule has 0 saturated heterocycles. The number of nitrogens with one attached hydrogen (secondary N) is 1. The molecule has 1 atom stereocenters. The topological polar surface area (TPSA) is 34.1 Å². The van der Waals surface area contributed by atoms with Crippen molar-refractivity contribution in [1.29, 1.82) is 0 Å². The Bertz CT molecular complexity index is 503. The second-order valence-electron chi connectivity index (χ2n) is 5.32. The smallest absolute Gasteiger partial charge is 0.111 e. The van der Waals surface area contributed by atoms with Gasteiger partial charge in [-0.25, -0.2) is 4.98 Å². The lowest BCUT2D eigenvalue weighted by molar-refractivity contribution is -0.0103. The average Bonchev–Trinajstić information content (AvgIpc) is 2.79. The van der Waals surface area contributed by atoms with E-state index in [1.54, 1.807) is 11.3 Å².